The van der Waals surface area contributed by atoms with E-state index in [-0.39, 0.29) is 64.2 Å². The van der Waals surface area contributed by atoms with Gasteiger partial charge in [0.25, 0.3) is 5.91 Å². The second-order valence-corrected chi connectivity index (χ2v) is 14.2. The Hall–Kier alpha value is -2.67. The highest BCUT2D eigenvalue weighted by molar-refractivity contribution is 7.92. The zero-order valence-corrected chi connectivity index (χ0v) is 24.4. The molecule has 2 bridgehead atoms. The molecule has 0 spiro atoms. The van der Waals surface area contributed by atoms with Gasteiger partial charge in [-0.15, -0.1) is 0 Å². The first kappa shape index (κ1) is 30.8. The molecule has 228 valence electrons. The number of aliphatic hydroxyl groups is 1. The van der Waals surface area contributed by atoms with Gasteiger partial charge in [-0.3, -0.25) is 9.59 Å². The first-order valence-corrected chi connectivity index (χ1v) is 15.8. The second-order valence-electron chi connectivity index (χ2n) is 11.6. The predicted octanol–water partition coefficient (Wildman–Crippen LogP) is 4.49. The maximum Gasteiger partial charge on any atom is 0.255 e. The van der Waals surface area contributed by atoms with Gasteiger partial charge in [0.1, 0.15) is 0 Å². The molecule has 2 amide bonds. The number of amides is 2. The third kappa shape index (κ3) is 5.78. The quantitative estimate of drug-likeness (QED) is 0.389. The van der Waals surface area contributed by atoms with Crippen molar-refractivity contribution in [1.82, 2.24) is 5.32 Å². The summed E-state index contributed by atoms with van der Waals surface area (Å²) in [5.41, 5.74) is -1.75. The molecule has 2 saturated carbocycles. The van der Waals surface area contributed by atoms with E-state index >= 15 is 0 Å². The van der Waals surface area contributed by atoms with Gasteiger partial charge in [-0.25, -0.2) is 21.6 Å². The average molecular weight is 629 g/mol. The summed E-state index contributed by atoms with van der Waals surface area (Å²) in [4.78, 5) is 25.2. The number of nitrogens with one attached hydrogen (secondary N) is 2. The van der Waals surface area contributed by atoms with Crippen LogP contribution >= 0.6 is 11.6 Å². The highest BCUT2D eigenvalue weighted by Gasteiger charge is 2.58. The largest absolute Gasteiger partial charge is 0.387 e. The molecule has 1 aliphatic heterocycles. The van der Waals surface area contributed by atoms with Crippen molar-refractivity contribution in [2.75, 3.05) is 25.1 Å². The lowest BCUT2D eigenvalue weighted by molar-refractivity contribution is -0.132. The standard InChI is InChI=1S/C29H32ClF3N2O6S/c1-15-7-18-9-20(12-21(15)29(18,38)14-34-27(36)17-3-2-6-41-13-17)42(39,40)25-8-16(4-5-22(25)30)28(37)35-19-10-23(31)26(33)24(32)11-19/h4-5,8,10-11,15,17-18,20-21,38H,2-3,6-7,9,12-14H2,1H3,(H,34,36)(H,35,37)/t15-,17?,18?,20?,21?,29+/m0/s1. The lowest BCUT2D eigenvalue weighted by Crippen LogP contribution is -2.56. The van der Waals surface area contributed by atoms with Crippen molar-refractivity contribution in [2.24, 2.45) is 23.7 Å². The van der Waals surface area contributed by atoms with Crippen LogP contribution in [0.3, 0.4) is 0 Å². The van der Waals surface area contributed by atoms with E-state index in [9.17, 15) is 36.3 Å². The van der Waals surface area contributed by atoms with Crippen molar-refractivity contribution in [3.05, 3.63) is 58.4 Å². The Morgan fingerprint density at radius 2 is 1.83 bits per heavy atom. The summed E-state index contributed by atoms with van der Waals surface area (Å²) in [6.45, 7) is 2.94. The van der Waals surface area contributed by atoms with Crippen LogP contribution in [0.4, 0.5) is 18.9 Å². The molecule has 42 heavy (non-hydrogen) atoms. The van der Waals surface area contributed by atoms with Gasteiger partial charge in [0.2, 0.25) is 5.91 Å². The molecule has 2 aromatic carbocycles. The summed E-state index contributed by atoms with van der Waals surface area (Å²) < 4.78 is 73.6. The molecule has 5 rings (SSSR count). The van der Waals surface area contributed by atoms with Crippen molar-refractivity contribution < 1.29 is 41.0 Å². The fourth-order valence-corrected chi connectivity index (χ4v) is 9.15. The number of benzene rings is 2. The molecule has 6 atom stereocenters. The molecule has 2 aromatic rings. The fraction of sp³-hybridized carbons (Fsp3) is 0.517. The first-order valence-electron chi connectivity index (χ1n) is 13.9. The van der Waals surface area contributed by atoms with Crippen molar-refractivity contribution in [1.29, 1.82) is 0 Å². The third-order valence-electron chi connectivity index (χ3n) is 9.01. The smallest absolute Gasteiger partial charge is 0.255 e. The van der Waals surface area contributed by atoms with Crippen LogP contribution < -0.4 is 10.6 Å². The van der Waals surface area contributed by atoms with Crippen molar-refractivity contribution in [2.45, 2.75) is 54.8 Å². The van der Waals surface area contributed by atoms with Crippen molar-refractivity contribution in [3.63, 3.8) is 0 Å². The Labute approximate surface area is 246 Å². The molecular formula is C29H32ClF3N2O6S. The van der Waals surface area contributed by atoms with Gasteiger partial charge in [-0.05, 0) is 68.1 Å². The number of fused-ring (bicyclic) bond motifs is 2. The molecule has 8 nitrogen and oxygen atoms in total. The minimum Gasteiger partial charge on any atom is -0.387 e. The number of carbonyl (C=O) groups is 2. The van der Waals surface area contributed by atoms with Crippen LogP contribution in [0.15, 0.2) is 35.2 Å². The number of halogens is 4. The fourth-order valence-electron chi connectivity index (χ4n) is 6.77. The highest BCUT2D eigenvalue weighted by atomic mass is 35.5. The van der Waals surface area contributed by atoms with Gasteiger partial charge in [0, 0.05) is 36.5 Å². The Kier molecular flexibility index (Phi) is 8.63. The van der Waals surface area contributed by atoms with Gasteiger partial charge in [-0.1, -0.05) is 18.5 Å². The average Bonchev–Trinajstić information content (AvgIpc) is 3.07. The Morgan fingerprint density at radius 3 is 2.48 bits per heavy atom. The van der Waals surface area contributed by atoms with E-state index in [2.05, 4.69) is 10.6 Å². The van der Waals surface area contributed by atoms with Crippen LogP contribution in [0.1, 0.15) is 49.4 Å². The minimum absolute atomic E-state index is 0.0131. The maximum atomic E-state index is 13.9. The molecular weight excluding hydrogens is 597 g/mol. The number of anilines is 1. The first-order chi connectivity index (χ1) is 19.8. The number of sulfone groups is 1. The van der Waals surface area contributed by atoms with Gasteiger partial charge in [0.05, 0.1) is 33.3 Å². The topological polar surface area (TPSA) is 122 Å². The summed E-state index contributed by atoms with van der Waals surface area (Å²) in [5, 5.41) is 15.8. The van der Waals surface area contributed by atoms with E-state index in [1.54, 1.807) is 0 Å². The summed E-state index contributed by atoms with van der Waals surface area (Å²) >= 11 is 6.30. The van der Waals surface area contributed by atoms with E-state index in [4.69, 9.17) is 16.3 Å². The van der Waals surface area contributed by atoms with E-state index in [1.165, 1.54) is 12.1 Å². The molecule has 0 radical (unpaired) electrons. The Balaban J connectivity index is 1.32. The molecule has 4 unspecified atom stereocenters. The lowest BCUT2D eigenvalue weighted by Gasteiger charge is -2.43. The maximum absolute atomic E-state index is 13.9. The summed E-state index contributed by atoms with van der Waals surface area (Å²) in [5.74, 6) is -6.77. The van der Waals surface area contributed by atoms with Crippen LogP contribution in [0.2, 0.25) is 5.02 Å². The molecule has 0 aromatic heterocycles. The van der Waals surface area contributed by atoms with E-state index < -0.39 is 50.0 Å². The van der Waals surface area contributed by atoms with E-state index in [1.807, 2.05) is 6.92 Å². The van der Waals surface area contributed by atoms with E-state index in [0.29, 0.717) is 38.2 Å². The monoisotopic (exact) mass is 628 g/mol. The number of ether oxygens (including phenoxy) is 1. The molecule has 3 aliphatic rings. The molecule has 1 heterocycles. The summed E-state index contributed by atoms with van der Waals surface area (Å²) in [7, 11) is -4.09. The van der Waals surface area contributed by atoms with Crippen molar-refractivity contribution in [3.8, 4) is 0 Å². The second kappa shape index (κ2) is 11.8. The van der Waals surface area contributed by atoms with Crippen LogP contribution in [0.5, 0.6) is 0 Å². The van der Waals surface area contributed by atoms with Crippen LogP contribution in [0.25, 0.3) is 0 Å². The molecule has 2 aliphatic carbocycles. The minimum atomic E-state index is -4.09. The van der Waals surface area contributed by atoms with Gasteiger partial charge in [-0.2, -0.15) is 0 Å². The number of rotatable bonds is 7. The van der Waals surface area contributed by atoms with Crippen LogP contribution in [-0.4, -0.2) is 55.9 Å². The molecule has 3 N–H and O–H groups in total. The summed E-state index contributed by atoms with van der Waals surface area (Å²) in [6, 6.07) is 4.82. The lowest BCUT2D eigenvalue weighted by atomic mass is 9.73. The van der Waals surface area contributed by atoms with Gasteiger partial charge >= 0.3 is 0 Å². The molecule has 13 heteroatoms. The Morgan fingerprint density at radius 1 is 1.12 bits per heavy atom. The van der Waals surface area contributed by atoms with Crippen LogP contribution in [-0.2, 0) is 19.4 Å². The van der Waals surface area contributed by atoms with Gasteiger partial charge in [0.15, 0.2) is 27.3 Å². The Bertz CT molecular complexity index is 1480. The predicted molar refractivity (Wildman–Crippen MR) is 148 cm³/mol. The zero-order valence-electron chi connectivity index (χ0n) is 22.8. The summed E-state index contributed by atoms with van der Waals surface area (Å²) in [6.07, 6.45) is 2.38. The SMILES string of the molecule is C[C@H]1CC2CC(S(=O)(=O)c3cc(C(=O)Nc4cc(F)c(F)c(F)c4)ccc3Cl)CC1[C@@]2(O)CNC(=O)C1CCCOC1. The van der Waals surface area contributed by atoms with Gasteiger partial charge < -0.3 is 20.5 Å². The van der Waals surface area contributed by atoms with Crippen LogP contribution in [0, 0.1) is 41.1 Å². The zero-order chi connectivity index (χ0) is 30.4. The number of hydrogen-bond acceptors (Lipinski definition) is 6. The normalized spacial score (nSPS) is 29.2. The number of carbonyl (C=O) groups excluding carboxylic acids is 2. The molecule has 3 fully saturated rings. The molecule has 1 saturated heterocycles. The number of hydrogen-bond donors (Lipinski definition) is 3. The van der Waals surface area contributed by atoms with Crippen molar-refractivity contribution >= 4 is 38.9 Å². The highest BCUT2D eigenvalue weighted by Crippen LogP contribution is 2.54. The van der Waals surface area contributed by atoms with E-state index in [0.717, 1.165) is 12.5 Å². The third-order valence-corrected chi connectivity index (χ3v) is 11.7.